The first-order valence-electron chi connectivity index (χ1n) is 4.93. The van der Waals surface area contributed by atoms with Crippen molar-refractivity contribution in [3.8, 4) is 11.8 Å². The van der Waals surface area contributed by atoms with Crippen molar-refractivity contribution in [2.75, 3.05) is 6.54 Å². The Kier molecular flexibility index (Phi) is 4.69. The van der Waals surface area contributed by atoms with Crippen molar-refractivity contribution < 1.29 is 14.7 Å². The van der Waals surface area contributed by atoms with Gasteiger partial charge in [0.1, 0.15) is 6.54 Å². The van der Waals surface area contributed by atoms with E-state index in [1.807, 2.05) is 0 Å². The molecule has 7 nitrogen and oxygen atoms in total. The third-order valence-electron chi connectivity index (χ3n) is 1.78. The summed E-state index contributed by atoms with van der Waals surface area (Å²) >= 11 is 0. The van der Waals surface area contributed by atoms with Crippen LogP contribution in [0.2, 0.25) is 0 Å². The molecular weight excluding hydrogens is 224 g/mol. The van der Waals surface area contributed by atoms with E-state index < -0.39 is 5.97 Å². The molecule has 0 saturated carbocycles. The molecule has 0 bridgehead atoms. The van der Waals surface area contributed by atoms with Gasteiger partial charge in [0.25, 0.3) is 5.91 Å². The monoisotopic (exact) mass is 236 g/mol. The van der Waals surface area contributed by atoms with E-state index in [0.29, 0.717) is 13.0 Å². The Labute approximate surface area is 97.8 Å². The van der Waals surface area contributed by atoms with Crippen LogP contribution in [0.3, 0.4) is 0 Å². The predicted octanol–water partition coefficient (Wildman–Crippen LogP) is -0.494. The van der Waals surface area contributed by atoms with Gasteiger partial charge in [-0.1, -0.05) is 5.21 Å². The van der Waals surface area contributed by atoms with Crippen LogP contribution < -0.4 is 5.32 Å². The number of aliphatic carboxylic acids is 1. The lowest BCUT2D eigenvalue weighted by Gasteiger charge is -1.97. The van der Waals surface area contributed by atoms with Gasteiger partial charge in [-0.15, -0.1) is 16.9 Å². The minimum atomic E-state index is -1.04. The molecule has 1 amide bonds. The topological polar surface area (TPSA) is 97.1 Å². The summed E-state index contributed by atoms with van der Waals surface area (Å²) < 4.78 is 1.09. The van der Waals surface area contributed by atoms with Crippen LogP contribution in [-0.2, 0) is 11.3 Å². The fourth-order valence-electron chi connectivity index (χ4n) is 1.07. The Bertz CT molecular complexity index is 469. The van der Waals surface area contributed by atoms with E-state index in [1.54, 1.807) is 6.92 Å². The van der Waals surface area contributed by atoms with Crippen LogP contribution in [0.4, 0.5) is 0 Å². The summed E-state index contributed by atoms with van der Waals surface area (Å²) in [6, 6.07) is 0. The highest BCUT2D eigenvalue weighted by atomic mass is 16.4. The van der Waals surface area contributed by atoms with Gasteiger partial charge < -0.3 is 10.4 Å². The van der Waals surface area contributed by atoms with Crippen molar-refractivity contribution in [1.82, 2.24) is 20.3 Å². The van der Waals surface area contributed by atoms with Crippen molar-refractivity contribution in [2.45, 2.75) is 19.9 Å². The molecule has 0 radical (unpaired) electrons. The van der Waals surface area contributed by atoms with Gasteiger partial charge in [0, 0.05) is 13.0 Å². The number of nitrogens with zero attached hydrogens (tertiary/aromatic N) is 3. The molecule has 90 valence electrons. The van der Waals surface area contributed by atoms with E-state index in [1.165, 1.54) is 6.20 Å². The van der Waals surface area contributed by atoms with E-state index in [0.717, 1.165) is 4.68 Å². The average molecular weight is 236 g/mol. The van der Waals surface area contributed by atoms with Gasteiger partial charge in [-0.3, -0.25) is 9.59 Å². The number of carbonyl (C=O) groups excluding carboxylic acids is 1. The number of hydrogen-bond acceptors (Lipinski definition) is 4. The molecule has 0 aromatic carbocycles. The van der Waals surface area contributed by atoms with Crippen LogP contribution in [0.25, 0.3) is 0 Å². The lowest BCUT2D eigenvalue weighted by molar-refractivity contribution is -0.137. The molecule has 0 aliphatic carbocycles. The van der Waals surface area contributed by atoms with Crippen LogP contribution in [-0.4, -0.2) is 38.5 Å². The molecule has 1 heterocycles. The Balaban J connectivity index is 2.48. The zero-order valence-corrected chi connectivity index (χ0v) is 9.30. The number of carbonyl (C=O) groups is 2. The highest BCUT2D eigenvalue weighted by Crippen LogP contribution is 1.93. The van der Waals surface area contributed by atoms with Gasteiger partial charge >= 0.3 is 5.97 Å². The SMILES string of the molecule is CC#CCCNC(=O)c1cn(CC(=O)O)nn1. The maximum absolute atomic E-state index is 11.5. The first kappa shape index (κ1) is 12.7. The molecule has 0 atom stereocenters. The maximum Gasteiger partial charge on any atom is 0.325 e. The second-order valence-electron chi connectivity index (χ2n) is 3.13. The molecule has 1 aromatic rings. The number of hydrogen-bond donors (Lipinski definition) is 2. The van der Waals surface area contributed by atoms with Crippen LogP contribution in [0, 0.1) is 11.8 Å². The zero-order valence-electron chi connectivity index (χ0n) is 9.30. The molecular formula is C10H12N4O3. The molecule has 1 aromatic heterocycles. The van der Waals surface area contributed by atoms with Crippen LogP contribution in [0.1, 0.15) is 23.8 Å². The second-order valence-corrected chi connectivity index (χ2v) is 3.13. The second kappa shape index (κ2) is 6.27. The number of amides is 1. The summed E-state index contributed by atoms with van der Waals surface area (Å²) in [6.07, 6.45) is 1.85. The number of carboxylic acid groups (broad SMARTS) is 1. The van der Waals surface area contributed by atoms with Crippen molar-refractivity contribution in [2.24, 2.45) is 0 Å². The van der Waals surface area contributed by atoms with Crippen molar-refractivity contribution in [3.63, 3.8) is 0 Å². The Morgan fingerprint density at radius 2 is 2.35 bits per heavy atom. The third-order valence-corrected chi connectivity index (χ3v) is 1.78. The van der Waals surface area contributed by atoms with Gasteiger partial charge in [0.2, 0.25) is 0 Å². The normalized spacial score (nSPS) is 9.24. The van der Waals surface area contributed by atoms with Crippen molar-refractivity contribution in [1.29, 1.82) is 0 Å². The van der Waals surface area contributed by atoms with E-state index in [2.05, 4.69) is 27.5 Å². The van der Waals surface area contributed by atoms with E-state index >= 15 is 0 Å². The summed E-state index contributed by atoms with van der Waals surface area (Å²) in [4.78, 5) is 21.9. The van der Waals surface area contributed by atoms with Gasteiger partial charge in [0.05, 0.1) is 6.20 Å². The molecule has 7 heteroatoms. The molecule has 17 heavy (non-hydrogen) atoms. The summed E-state index contributed by atoms with van der Waals surface area (Å²) in [5.41, 5.74) is 0.0932. The van der Waals surface area contributed by atoms with Gasteiger partial charge in [-0.25, -0.2) is 4.68 Å². The smallest absolute Gasteiger partial charge is 0.325 e. The maximum atomic E-state index is 11.5. The molecule has 0 saturated heterocycles. The Morgan fingerprint density at radius 3 is 3.00 bits per heavy atom. The lowest BCUT2D eigenvalue weighted by atomic mass is 10.4. The van der Waals surface area contributed by atoms with Crippen LogP contribution in [0.15, 0.2) is 6.20 Å². The fraction of sp³-hybridized carbons (Fsp3) is 0.400. The van der Waals surface area contributed by atoms with Gasteiger partial charge in [-0.2, -0.15) is 0 Å². The first-order valence-corrected chi connectivity index (χ1v) is 4.93. The summed E-state index contributed by atoms with van der Waals surface area (Å²) in [5.74, 6) is 4.08. The number of rotatable bonds is 5. The fourth-order valence-corrected chi connectivity index (χ4v) is 1.07. The number of nitrogens with one attached hydrogen (secondary N) is 1. The molecule has 0 aliphatic heterocycles. The standard InChI is InChI=1S/C10H12N4O3/c1-2-3-4-5-11-10(17)8-6-14(13-12-8)7-9(15)16/h6H,4-5,7H2,1H3,(H,11,17)(H,15,16). The van der Waals surface area contributed by atoms with E-state index in [4.69, 9.17) is 5.11 Å². The summed E-state index contributed by atoms with van der Waals surface area (Å²) in [5, 5.41) is 18.2. The van der Waals surface area contributed by atoms with E-state index in [-0.39, 0.29) is 18.1 Å². The van der Waals surface area contributed by atoms with Crippen LogP contribution in [0.5, 0.6) is 0 Å². The molecule has 1 rings (SSSR count). The van der Waals surface area contributed by atoms with Gasteiger partial charge in [-0.05, 0) is 6.92 Å². The number of carboxylic acids is 1. The highest BCUT2D eigenvalue weighted by Gasteiger charge is 2.10. The zero-order chi connectivity index (χ0) is 12.7. The summed E-state index contributed by atoms with van der Waals surface area (Å²) in [7, 11) is 0. The number of aromatic nitrogens is 3. The molecule has 0 fully saturated rings. The minimum Gasteiger partial charge on any atom is -0.480 e. The van der Waals surface area contributed by atoms with E-state index in [9.17, 15) is 9.59 Å². The Morgan fingerprint density at radius 1 is 1.59 bits per heavy atom. The molecule has 0 unspecified atom stereocenters. The largest absolute Gasteiger partial charge is 0.480 e. The first-order chi connectivity index (χ1) is 8.13. The molecule has 0 spiro atoms. The predicted molar refractivity (Wildman–Crippen MR) is 58.1 cm³/mol. The molecule has 2 N–H and O–H groups in total. The quantitative estimate of drug-likeness (QED) is 0.531. The lowest BCUT2D eigenvalue weighted by Crippen LogP contribution is -2.24. The van der Waals surface area contributed by atoms with Crippen LogP contribution >= 0.6 is 0 Å². The minimum absolute atomic E-state index is 0.0932. The molecule has 0 aliphatic rings. The van der Waals surface area contributed by atoms with Gasteiger partial charge in [0.15, 0.2) is 5.69 Å². The average Bonchev–Trinajstić information content (AvgIpc) is 2.71. The van der Waals surface area contributed by atoms with Crippen molar-refractivity contribution >= 4 is 11.9 Å². The Hall–Kier alpha value is -2.36. The van der Waals surface area contributed by atoms with Crippen molar-refractivity contribution in [3.05, 3.63) is 11.9 Å². The summed E-state index contributed by atoms with van der Waals surface area (Å²) in [6.45, 7) is 1.83. The highest BCUT2D eigenvalue weighted by molar-refractivity contribution is 5.91. The third kappa shape index (κ3) is 4.34.